The van der Waals surface area contributed by atoms with Gasteiger partial charge in [0.25, 0.3) is 0 Å². The number of hydrogen-bond donors (Lipinski definition) is 0. The first-order valence-corrected chi connectivity index (χ1v) is 5.62. The quantitative estimate of drug-likeness (QED) is 0.657. The van der Waals surface area contributed by atoms with Crippen LogP contribution in [0.15, 0.2) is 18.2 Å². The largest absolute Gasteiger partial charge is 0.0654 e. The molecule has 0 saturated carbocycles. The molecule has 0 saturated heterocycles. The fraction of sp³-hybridized carbons (Fsp3) is 0.500. The average molecular weight is 189 g/mol. The van der Waals surface area contributed by atoms with Crippen molar-refractivity contribution in [1.82, 2.24) is 0 Å². The van der Waals surface area contributed by atoms with Crippen molar-refractivity contribution in [2.45, 2.75) is 47.0 Å². The number of hydrogen-bond acceptors (Lipinski definition) is 0. The maximum Gasteiger partial charge on any atom is 0.00524 e. The maximum atomic E-state index is 2.26. The van der Waals surface area contributed by atoms with E-state index in [1.54, 1.807) is 5.92 Å². The predicted octanol–water partition coefficient (Wildman–Crippen LogP) is 4.44. The lowest BCUT2D eigenvalue weighted by molar-refractivity contribution is 0.763. The van der Waals surface area contributed by atoms with E-state index in [0.29, 0.717) is 0 Å². The molecule has 0 aliphatic carbocycles. The minimum Gasteiger partial charge on any atom is -0.0654 e. The van der Waals surface area contributed by atoms with E-state index in [1.807, 2.05) is 0 Å². The van der Waals surface area contributed by atoms with E-state index in [-0.39, 0.29) is 0 Å². The predicted molar refractivity (Wildman–Crippen MR) is 63.5 cm³/mol. The molecule has 1 radical (unpaired) electrons. The molecule has 0 bridgehead atoms. The Balaban J connectivity index is 3.02. The standard InChI is InChI=1S/C14H21/c1-5-8-13(6-2)14-11(3)9-7-10-12(14)4/h7,9-10H,5-6,8H2,1-4H3. The highest BCUT2D eigenvalue weighted by atomic mass is 14.2. The number of rotatable bonds is 4. The van der Waals surface area contributed by atoms with Crippen molar-refractivity contribution in [2.75, 3.05) is 0 Å². The van der Waals surface area contributed by atoms with Gasteiger partial charge in [-0.3, -0.25) is 0 Å². The molecule has 0 aromatic heterocycles. The van der Waals surface area contributed by atoms with Crippen LogP contribution in [0, 0.1) is 19.8 Å². The lowest BCUT2D eigenvalue weighted by Crippen LogP contribution is -2.03. The minimum atomic E-state index is 1.18. The summed E-state index contributed by atoms with van der Waals surface area (Å²) in [5.74, 6) is 1.61. The van der Waals surface area contributed by atoms with Crippen molar-refractivity contribution < 1.29 is 0 Å². The van der Waals surface area contributed by atoms with Gasteiger partial charge >= 0.3 is 0 Å². The Morgan fingerprint density at radius 1 is 1.07 bits per heavy atom. The fourth-order valence-corrected chi connectivity index (χ4v) is 2.15. The van der Waals surface area contributed by atoms with E-state index in [4.69, 9.17) is 0 Å². The SMILES string of the molecule is CCC[C](CC)c1c(C)cccc1C. The van der Waals surface area contributed by atoms with Gasteiger partial charge in [-0.05, 0) is 43.4 Å². The van der Waals surface area contributed by atoms with Gasteiger partial charge in [0, 0.05) is 5.92 Å². The van der Waals surface area contributed by atoms with Crippen LogP contribution in [0.2, 0.25) is 0 Å². The summed E-state index contributed by atoms with van der Waals surface area (Å²) in [4.78, 5) is 0. The Kier molecular flexibility index (Phi) is 4.19. The van der Waals surface area contributed by atoms with Gasteiger partial charge < -0.3 is 0 Å². The van der Waals surface area contributed by atoms with Crippen LogP contribution in [0.25, 0.3) is 0 Å². The van der Waals surface area contributed by atoms with Crippen molar-refractivity contribution >= 4 is 0 Å². The summed E-state index contributed by atoms with van der Waals surface area (Å²) in [7, 11) is 0. The third-order valence-corrected chi connectivity index (χ3v) is 2.81. The van der Waals surface area contributed by atoms with Crippen LogP contribution in [0.4, 0.5) is 0 Å². The molecule has 1 aromatic carbocycles. The maximum absolute atomic E-state index is 2.26. The molecule has 0 heteroatoms. The second-order valence-electron chi connectivity index (χ2n) is 3.97. The summed E-state index contributed by atoms with van der Waals surface area (Å²) in [6.45, 7) is 8.95. The first-order valence-electron chi connectivity index (χ1n) is 5.62. The van der Waals surface area contributed by atoms with Crippen molar-refractivity contribution in [1.29, 1.82) is 0 Å². The molecule has 1 rings (SSSR count). The Morgan fingerprint density at radius 2 is 1.64 bits per heavy atom. The Morgan fingerprint density at radius 3 is 2.07 bits per heavy atom. The van der Waals surface area contributed by atoms with Crippen LogP contribution in [0.3, 0.4) is 0 Å². The van der Waals surface area contributed by atoms with Gasteiger partial charge in [0.15, 0.2) is 0 Å². The third kappa shape index (κ3) is 2.37. The van der Waals surface area contributed by atoms with Gasteiger partial charge in [-0.15, -0.1) is 0 Å². The van der Waals surface area contributed by atoms with E-state index >= 15 is 0 Å². The monoisotopic (exact) mass is 189 g/mol. The molecule has 0 aliphatic rings. The molecule has 0 aliphatic heterocycles. The first kappa shape index (κ1) is 11.3. The molecule has 0 fully saturated rings. The second kappa shape index (κ2) is 5.19. The Bertz CT molecular complexity index is 266. The molecule has 0 atom stereocenters. The van der Waals surface area contributed by atoms with Gasteiger partial charge in [0.1, 0.15) is 0 Å². The average Bonchev–Trinajstić information content (AvgIpc) is 2.16. The molecular weight excluding hydrogens is 168 g/mol. The normalized spacial score (nSPS) is 10.9. The smallest absolute Gasteiger partial charge is 0.00524 e. The van der Waals surface area contributed by atoms with Gasteiger partial charge in [-0.25, -0.2) is 0 Å². The lowest BCUT2D eigenvalue weighted by atomic mass is 9.86. The minimum absolute atomic E-state index is 1.18. The van der Waals surface area contributed by atoms with Crippen molar-refractivity contribution in [2.24, 2.45) is 0 Å². The summed E-state index contributed by atoms with van der Waals surface area (Å²) in [6.07, 6.45) is 3.67. The molecule has 0 nitrogen and oxygen atoms in total. The van der Waals surface area contributed by atoms with Gasteiger partial charge in [-0.1, -0.05) is 38.5 Å². The van der Waals surface area contributed by atoms with Crippen LogP contribution in [0.1, 0.15) is 49.8 Å². The van der Waals surface area contributed by atoms with Crippen LogP contribution >= 0.6 is 0 Å². The van der Waals surface area contributed by atoms with Crippen LogP contribution in [-0.2, 0) is 0 Å². The zero-order chi connectivity index (χ0) is 10.6. The molecule has 0 amide bonds. The van der Waals surface area contributed by atoms with E-state index in [0.717, 1.165) is 0 Å². The summed E-state index contributed by atoms with van der Waals surface area (Å²) >= 11 is 0. The molecule has 14 heavy (non-hydrogen) atoms. The van der Waals surface area contributed by atoms with Crippen LogP contribution in [-0.4, -0.2) is 0 Å². The summed E-state index contributed by atoms with van der Waals surface area (Å²) < 4.78 is 0. The van der Waals surface area contributed by atoms with Crippen LogP contribution < -0.4 is 0 Å². The first-order chi connectivity index (χ1) is 6.70. The fourth-order valence-electron chi connectivity index (χ4n) is 2.15. The highest BCUT2D eigenvalue weighted by Gasteiger charge is 2.13. The zero-order valence-corrected chi connectivity index (χ0v) is 9.85. The molecule has 0 heterocycles. The van der Waals surface area contributed by atoms with Crippen molar-refractivity contribution in [3.8, 4) is 0 Å². The van der Waals surface area contributed by atoms with Gasteiger partial charge in [0.05, 0.1) is 0 Å². The summed E-state index contributed by atoms with van der Waals surface area (Å²) in [5.41, 5.74) is 4.36. The van der Waals surface area contributed by atoms with Crippen molar-refractivity contribution in [3.05, 3.63) is 40.8 Å². The van der Waals surface area contributed by atoms with Crippen molar-refractivity contribution in [3.63, 3.8) is 0 Å². The zero-order valence-electron chi connectivity index (χ0n) is 9.85. The van der Waals surface area contributed by atoms with Gasteiger partial charge in [0.2, 0.25) is 0 Å². The Labute approximate surface area is 88.4 Å². The Hall–Kier alpha value is -0.780. The highest BCUT2D eigenvalue weighted by molar-refractivity contribution is 5.43. The number of benzene rings is 1. The highest BCUT2D eigenvalue weighted by Crippen LogP contribution is 2.28. The van der Waals surface area contributed by atoms with E-state index in [9.17, 15) is 0 Å². The van der Waals surface area contributed by atoms with Crippen LogP contribution in [0.5, 0.6) is 0 Å². The summed E-state index contributed by atoms with van der Waals surface area (Å²) in [5, 5.41) is 0. The lowest BCUT2D eigenvalue weighted by Gasteiger charge is -2.18. The van der Waals surface area contributed by atoms with E-state index in [1.165, 1.54) is 36.0 Å². The molecule has 0 N–H and O–H groups in total. The van der Waals surface area contributed by atoms with E-state index < -0.39 is 0 Å². The molecular formula is C14H21. The number of aryl methyl sites for hydroxylation is 2. The van der Waals surface area contributed by atoms with Gasteiger partial charge in [-0.2, -0.15) is 0 Å². The second-order valence-corrected chi connectivity index (χ2v) is 3.97. The third-order valence-electron chi connectivity index (χ3n) is 2.81. The summed E-state index contributed by atoms with van der Waals surface area (Å²) in [6, 6.07) is 6.58. The molecule has 0 spiro atoms. The molecule has 1 aromatic rings. The topological polar surface area (TPSA) is 0 Å². The van der Waals surface area contributed by atoms with E-state index in [2.05, 4.69) is 45.9 Å². The molecule has 0 unspecified atom stereocenters. The molecule has 77 valence electrons.